The summed E-state index contributed by atoms with van der Waals surface area (Å²) >= 11 is 0. The van der Waals surface area contributed by atoms with E-state index < -0.39 is 20.9 Å². The summed E-state index contributed by atoms with van der Waals surface area (Å²) in [5.41, 5.74) is -0.0328. The fraction of sp³-hybridized carbons (Fsp3) is 0.625. The number of halogens is 1. The molecule has 3 nitrogen and oxygen atoms in total. The van der Waals surface area contributed by atoms with Crippen LogP contribution in [-0.4, -0.2) is 26.3 Å². The Kier molecular flexibility index (Phi) is 4.73. The highest BCUT2D eigenvalue weighted by atomic mass is 32.2. The molecule has 0 heterocycles. The Morgan fingerprint density at radius 1 is 1.33 bits per heavy atom. The molecular formula is C16H24FNO2S. The first kappa shape index (κ1) is 16.4. The molecule has 1 fully saturated rings. The van der Waals surface area contributed by atoms with Crippen LogP contribution in [0.25, 0.3) is 0 Å². The second-order valence-electron chi connectivity index (χ2n) is 6.59. The molecule has 1 aliphatic carbocycles. The maximum absolute atomic E-state index is 13.9. The third-order valence-corrected chi connectivity index (χ3v) is 6.58. The van der Waals surface area contributed by atoms with Crippen molar-refractivity contribution in [1.29, 1.82) is 0 Å². The third-order valence-electron chi connectivity index (χ3n) is 4.34. The minimum atomic E-state index is -3.67. The Morgan fingerprint density at radius 2 is 2.00 bits per heavy atom. The van der Waals surface area contributed by atoms with Crippen molar-refractivity contribution in [3.8, 4) is 0 Å². The average Bonchev–Trinajstić information content (AvgIpc) is 2.41. The van der Waals surface area contributed by atoms with Crippen molar-refractivity contribution < 1.29 is 12.8 Å². The lowest BCUT2D eigenvalue weighted by molar-refractivity contribution is 0.210. The van der Waals surface area contributed by atoms with E-state index in [1.165, 1.54) is 18.2 Å². The van der Waals surface area contributed by atoms with E-state index in [1.807, 2.05) is 6.92 Å². The van der Waals surface area contributed by atoms with E-state index in [-0.39, 0.29) is 16.4 Å². The van der Waals surface area contributed by atoms with Gasteiger partial charge in [-0.15, -0.1) is 0 Å². The van der Waals surface area contributed by atoms with E-state index >= 15 is 0 Å². The lowest BCUT2D eigenvalue weighted by atomic mass is 9.75. The zero-order valence-electron chi connectivity index (χ0n) is 12.9. The summed E-state index contributed by atoms with van der Waals surface area (Å²) in [6.07, 6.45) is 2.34. The van der Waals surface area contributed by atoms with Crippen LogP contribution in [0.4, 0.5) is 4.39 Å². The van der Waals surface area contributed by atoms with Crippen LogP contribution in [0.5, 0.6) is 0 Å². The predicted molar refractivity (Wildman–Crippen MR) is 82.5 cm³/mol. The molecule has 1 aliphatic rings. The van der Waals surface area contributed by atoms with Crippen LogP contribution in [0.15, 0.2) is 29.2 Å². The third kappa shape index (κ3) is 3.46. The molecule has 1 aromatic rings. The van der Waals surface area contributed by atoms with Crippen molar-refractivity contribution in [1.82, 2.24) is 5.32 Å². The van der Waals surface area contributed by atoms with Gasteiger partial charge in [-0.1, -0.05) is 32.9 Å². The number of rotatable bonds is 4. The van der Waals surface area contributed by atoms with Gasteiger partial charge in [-0.3, -0.25) is 0 Å². The monoisotopic (exact) mass is 313 g/mol. The SMILES string of the molecule is CCNC1CCC(C)(C)CC1S(=O)(=O)c1ccccc1F. The van der Waals surface area contributed by atoms with E-state index in [2.05, 4.69) is 19.2 Å². The van der Waals surface area contributed by atoms with Crippen molar-refractivity contribution in [3.05, 3.63) is 30.1 Å². The maximum atomic E-state index is 13.9. The largest absolute Gasteiger partial charge is 0.313 e. The summed E-state index contributed by atoms with van der Waals surface area (Å²) in [7, 11) is -3.67. The van der Waals surface area contributed by atoms with Gasteiger partial charge >= 0.3 is 0 Å². The van der Waals surface area contributed by atoms with Crippen molar-refractivity contribution >= 4 is 9.84 Å². The Hall–Kier alpha value is -0.940. The molecule has 2 unspecified atom stereocenters. The zero-order chi connectivity index (χ0) is 15.7. The van der Waals surface area contributed by atoms with Gasteiger partial charge in [0.1, 0.15) is 10.7 Å². The van der Waals surface area contributed by atoms with Crippen LogP contribution < -0.4 is 5.32 Å². The van der Waals surface area contributed by atoms with Crippen LogP contribution in [0.2, 0.25) is 0 Å². The number of hydrogen-bond acceptors (Lipinski definition) is 3. The van der Waals surface area contributed by atoms with Gasteiger partial charge in [-0.25, -0.2) is 12.8 Å². The highest BCUT2D eigenvalue weighted by Crippen LogP contribution is 2.40. The minimum absolute atomic E-state index is 0.0328. The van der Waals surface area contributed by atoms with Crippen LogP contribution >= 0.6 is 0 Å². The smallest absolute Gasteiger partial charge is 0.185 e. The quantitative estimate of drug-likeness (QED) is 0.929. The molecule has 2 atom stereocenters. The number of hydrogen-bond donors (Lipinski definition) is 1. The van der Waals surface area contributed by atoms with Gasteiger partial charge in [0.05, 0.1) is 5.25 Å². The van der Waals surface area contributed by atoms with Crippen LogP contribution in [-0.2, 0) is 9.84 Å². The summed E-state index contributed by atoms with van der Waals surface area (Å²) in [4.78, 5) is -0.171. The molecule has 0 spiro atoms. The van der Waals surface area contributed by atoms with Gasteiger partial charge in [-0.2, -0.15) is 0 Å². The lowest BCUT2D eigenvalue weighted by Crippen LogP contribution is -2.50. The average molecular weight is 313 g/mol. The molecule has 0 bridgehead atoms. The molecule has 0 amide bonds. The molecule has 21 heavy (non-hydrogen) atoms. The maximum Gasteiger partial charge on any atom is 0.185 e. The molecule has 1 aromatic carbocycles. The van der Waals surface area contributed by atoms with Crippen LogP contribution in [0.1, 0.15) is 40.0 Å². The first-order valence-corrected chi connectivity index (χ1v) is 9.04. The van der Waals surface area contributed by atoms with Crippen molar-refractivity contribution in [2.45, 2.75) is 56.2 Å². The molecule has 1 saturated carbocycles. The topological polar surface area (TPSA) is 46.2 Å². The van der Waals surface area contributed by atoms with Crippen LogP contribution in [0, 0.1) is 11.2 Å². The van der Waals surface area contributed by atoms with Crippen molar-refractivity contribution in [2.24, 2.45) is 5.41 Å². The normalized spacial score (nSPS) is 25.7. The molecule has 1 N–H and O–H groups in total. The van der Waals surface area contributed by atoms with Gasteiger partial charge in [0.25, 0.3) is 0 Å². The van der Waals surface area contributed by atoms with Crippen molar-refractivity contribution in [2.75, 3.05) is 6.54 Å². The number of sulfone groups is 1. The summed E-state index contributed by atoms with van der Waals surface area (Å²) in [5.74, 6) is -0.656. The first-order valence-electron chi connectivity index (χ1n) is 7.50. The predicted octanol–water partition coefficient (Wildman–Crippen LogP) is 3.16. The molecule has 118 valence electrons. The van der Waals surface area contributed by atoms with E-state index in [0.29, 0.717) is 13.0 Å². The standard InChI is InChI=1S/C16H24FNO2S/c1-4-18-13-9-10-16(2,3)11-15(13)21(19,20)14-8-6-5-7-12(14)17/h5-8,13,15,18H,4,9-11H2,1-3H3. The Morgan fingerprint density at radius 3 is 2.62 bits per heavy atom. The van der Waals surface area contributed by atoms with Gasteiger partial charge in [0.2, 0.25) is 0 Å². The summed E-state index contributed by atoms with van der Waals surface area (Å²) in [6, 6.07) is 5.57. The second kappa shape index (κ2) is 6.05. The van der Waals surface area contributed by atoms with Crippen LogP contribution in [0.3, 0.4) is 0 Å². The molecule has 0 aromatic heterocycles. The minimum Gasteiger partial charge on any atom is -0.313 e. The summed E-state index contributed by atoms with van der Waals surface area (Å²) in [6.45, 7) is 6.85. The van der Waals surface area contributed by atoms with Gasteiger partial charge in [0, 0.05) is 6.04 Å². The number of benzene rings is 1. The second-order valence-corrected chi connectivity index (χ2v) is 8.72. The fourth-order valence-corrected chi connectivity index (χ4v) is 5.45. The highest BCUT2D eigenvalue weighted by molar-refractivity contribution is 7.92. The van der Waals surface area contributed by atoms with Crippen molar-refractivity contribution in [3.63, 3.8) is 0 Å². The lowest BCUT2D eigenvalue weighted by Gasteiger charge is -2.40. The molecular weight excluding hydrogens is 289 g/mol. The molecule has 0 saturated heterocycles. The summed E-state index contributed by atoms with van der Waals surface area (Å²) < 4.78 is 39.7. The highest BCUT2D eigenvalue weighted by Gasteiger charge is 2.43. The summed E-state index contributed by atoms with van der Waals surface area (Å²) in [5, 5.41) is 2.69. The Bertz CT molecular complexity index is 598. The van der Waals surface area contributed by atoms with Gasteiger partial charge < -0.3 is 5.32 Å². The molecule has 5 heteroatoms. The van der Waals surface area contributed by atoms with E-state index in [4.69, 9.17) is 0 Å². The molecule has 0 radical (unpaired) electrons. The van der Waals surface area contributed by atoms with E-state index in [1.54, 1.807) is 6.07 Å². The van der Waals surface area contributed by atoms with E-state index in [0.717, 1.165) is 12.8 Å². The zero-order valence-corrected chi connectivity index (χ0v) is 13.7. The fourth-order valence-electron chi connectivity index (χ4n) is 3.18. The Labute approximate surface area is 126 Å². The number of nitrogens with one attached hydrogen (secondary N) is 1. The Balaban J connectivity index is 2.41. The van der Waals surface area contributed by atoms with Gasteiger partial charge in [0.15, 0.2) is 9.84 Å². The first-order chi connectivity index (χ1) is 9.78. The van der Waals surface area contributed by atoms with E-state index in [9.17, 15) is 12.8 Å². The molecule has 2 rings (SSSR count). The van der Waals surface area contributed by atoms with Gasteiger partial charge in [-0.05, 0) is 43.4 Å². The molecule has 0 aliphatic heterocycles.